The topological polar surface area (TPSA) is 92.9 Å². The SMILES string of the molecule is O=C(c1cnccn1)N1CCN(Cc2nnnn2-c2ccccc2)CC1. The van der Waals surface area contributed by atoms with Crippen molar-refractivity contribution < 1.29 is 4.79 Å². The van der Waals surface area contributed by atoms with Gasteiger partial charge in [-0.25, -0.2) is 4.98 Å². The van der Waals surface area contributed by atoms with Gasteiger partial charge in [-0.1, -0.05) is 18.2 Å². The van der Waals surface area contributed by atoms with E-state index in [1.165, 1.54) is 12.4 Å². The molecule has 0 atom stereocenters. The van der Waals surface area contributed by atoms with Crippen molar-refractivity contribution >= 4 is 5.91 Å². The monoisotopic (exact) mass is 350 g/mol. The summed E-state index contributed by atoms with van der Waals surface area (Å²) in [5.74, 6) is 0.705. The zero-order valence-electron chi connectivity index (χ0n) is 14.1. The van der Waals surface area contributed by atoms with Crippen molar-refractivity contribution in [1.82, 2.24) is 40.0 Å². The number of hydrogen-bond acceptors (Lipinski definition) is 7. The Morgan fingerprint density at radius 2 is 1.85 bits per heavy atom. The van der Waals surface area contributed by atoms with E-state index in [0.717, 1.165) is 24.6 Å². The number of carbonyl (C=O) groups is 1. The van der Waals surface area contributed by atoms with E-state index in [-0.39, 0.29) is 5.91 Å². The Hall–Kier alpha value is -3.20. The first kappa shape index (κ1) is 16.3. The molecule has 3 heterocycles. The quantitative estimate of drug-likeness (QED) is 0.673. The molecule has 0 N–H and O–H groups in total. The third-order valence-electron chi connectivity index (χ3n) is 4.34. The van der Waals surface area contributed by atoms with Crippen LogP contribution in [-0.2, 0) is 6.54 Å². The summed E-state index contributed by atoms with van der Waals surface area (Å²) in [6, 6.07) is 9.81. The van der Waals surface area contributed by atoms with Gasteiger partial charge in [0.05, 0.1) is 18.4 Å². The first-order chi connectivity index (χ1) is 12.8. The number of para-hydroxylation sites is 1. The van der Waals surface area contributed by atoms with E-state index in [2.05, 4.69) is 30.4 Å². The van der Waals surface area contributed by atoms with Crippen LogP contribution in [0, 0.1) is 0 Å². The van der Waals surface area contributed by atoms with Crippen LogP contribution < -0.4 is 0 Å². The summed E-state index contributed by atoms with van der Waals surface area (Å²) in [6.45, 7) is 3.43. The fraction of sp³-hybridized carbons (Fsp3) is 0.294. The number of carbonyl (C=O) groups excluding carboxylic acids is 1. The zero-order valence-corrected chi connectivity index (χ0v) is 14.1. The number of benzene rings is 1. The third kappa shape index (κ3) is 3.42. The molecule has 1 aromatic carbocycles. The standard InChI is InChI=1S/C17H18N8O/c26-17(15-12-18-6-7-19-15)24-10-8-23(9-11-24)13-16-20-21-22-25(16)14-4-2-1-3-5-14/h1-7,12H,8-11,13H2. The van der Waals surface area contributed by atoms with Crippen molar-refractivity contribution in [3.8, 4) is 5.69 Å². The van der Waals surface area contributed by atoms with Crippen LogP contribution in [0.15, 0.2) is 48.9 Å². The highest BCUT2D eigenvalue weighted by Crippen LogP contribution is 2.12. The summed E-state index contributed by atoms with van der Waals surface area (Å²) in [5.41, 5.74) is 1.32. The van der Waals surface area contributed by atoms with Crippen LogP contribution in [0.2, 0.25) is 0 Å². The lowest BCUT2D eigenvalue weighted by Crippen LogP contribution is -2.48. The Morgan fingerprint density at radius 1 is 1.04 bits per heavy atom. The number of tetrazole rings is 1. The Kier molecular flexibility index (Phi) is 4.61. The second-order valence-corrected chi connectivity index (χ2v) is 6.00. The van der Waals surface area contributed by atoms with Crippen molar-refractivity contribution in [3.05, 3.63) is 60.4 Å². The second kappa shape index (κ2) is 7.36. The van der Waals surface area contributed by atoms with Gasteiger partial charge in [-0.05, 0) is 22.6 Å². The molecule has 4 rings (SSSR count). The summed E-state index contributed by atoms with van der Waals surface area (Å²) in [6.07, 6.45) is 4.60. The Labute approximate surface area is 150 Å². The van der Waals surface area contributed by atoms with Gasteiger partial charge < -0.3 is 4.90 Å². The molecule has 1 fully saturated rings. The second-order valence-electron chi connectivity index (χ2n) is 6.00. The van der Waals surface area contributed by atoms with E-state index < -0.39 is 0 Å². The predicted molar refractivity (Wildman–Crippen MR) is 92.4 cm³/mol. The minimum absolute atomic E-state index is 0.0770. The average molecular weight is 350 g/mol. The highest BCUT2D eigenvalue weighted by atomic mass is 16.2. The lowest BCUT2D eigenvalue weighted by molar-refractivity contribution is 0.0618. The molecule has 0 saturated carbocycles. The van der Waals surface area contributed by atoms with E-state index >= 15 is 0 Å². The largest absolute Gasteiger partial charge is 0.335 e. The van der Waals surface area contributed by atoms with Gasteiger partial charge in [-0.3, -0.25) is 14.7 Å². The number of nitrogens with zero attached hydrogens (tertiary/aromatic N) is 8. The lowest BCUT2D eigenvalue weighted by atomic mass is 10.2. The smallest absolute Gasteiger partial charge is 0.274 e. The van der Waals surface area contributed by atoms with E-state index in [1.54, 1.807) is 15.8 Å². The first-order valence-electron chi connectivity index (χ1n) is 8.41. The van der Waals surface area contributed by atoms with Crippen LogP contribution in [0.4, 0.5) is 0 Å². The van der Waals surface area contributed by atoms with E-state index in [9.17, 15) is 4.79 Å². The number of hydrogen-bond donors (Lipinski definition) is 0. The number of rotatable bonds is 4. The summed E-state index contributed by atoms with van der Waals surface area (Å²) in [5, 5.41) is 12.0. The lowest BCUT2D eigenvalue weighted by Gasteiger charge is -2.34. The number of aromatic nitrogens is 6. The molecule has 1 saturated heterocycles. The molecule has 26 heavy (non-hydrogen) atoms. The van der Waals surface area contributed by atoms with Gasteiger partial charge in [0.2, 0.25) is 0 Å². The van der Waals surface area contributed by atoms with Crippen molar-refractivity contribution in [1.29, 1.82) is 0 Å². The van der Waals surface area contributed by atoms with Gasteiger partial charge in [-0.15, -0.1) is 5.10 Å². The maximum atomic E-state index is 12.4. The molecule has 9 nitrogen and oxygen atoms in total. The van der Waals surface area contributed by atoms with Gasteiger partial charge in [0, 0.05) is 38.6 Å². The van der Waals surface area contributed by atoms with Crippen molar-refractivity contribution in [2.24, 2.45) is 0 Å². The maximum absolute atomic E-state index is 12.4. The molecule has 2 aromatic heterocycles. The molecule has 0 spiro atoms. The normalized spacial score (nSPS) is 15.2. The highest BCUT2D eigenvalue weighted by Gasteiger charge is 2.24. The Bertz CT molecular complexity index is 859. The minimum atomic E-state index is -0.0770. The van der Waals surface area contributed by atoms with E-state index in [0.29, 0.717) is 25.3 Å². The van der Waals surface area contributed by atoms with E-state index in [1.807, 2.05) is 30.3 Å². The first-order valence-corrected chi connectivity index (χ1v) is 8.41. The van der Waals surface area contributed by atoms with E-state index in [4.69, 9.17) is 0 Å². The van der Waals surface area contributed by atoms with Crippen LogP contribution in [0.5, 0.6) is 0 Å². The minimum Gasteiger partial charge on any atom is -0.335 e. The predicted octanol–water partition coefficient (Wildman–Crippen LogP) is 0.410. The Morgan fingerprint density at radius 3 is 2.58 bits per heavy atom. The fourth-order valence-corrected chi connectivity index (χ4v) is 2.95. The molecule has 1 aliphatic heterocycles. The molecular formula is C17H18N8O. The van der Waals surface area contributed by atoms with Gasteiger partial charge >= 0.3 is 0 Å². The molecule has 0 radical (unpaired) electrons. The molecular weight excluding hydrogens is 332 g/mol. The van der Waals surface area contributed by atoms with Gasteiger partial charge in [0.25, 0.3) is 5.91 Å². The molecule has 0 aliphatic carbocycles. The van der Waals surface area contributed by atoms with Gasteiger partial charge in [0.1, 0.15) is 5.69 Å². The number of amides is 1. The van der Waals surface area contributed by atoms with Crippen LogP contribution in [0.1, 0.15) is 16.3 Å². The maximum Gasteiger partial charge on any atom is 0.274 e. The van der Waals surface area contributed by atoms with Crippen LogP contribution in [0.3, 0.4) is 0 Å². The summed E-state index contributed by atoms with van der Waals surface area (Å²) in [4.78, 5) is 24.5. The molecule has 0 unspecified atom stereocenters. The van der Waals surface area contributed by atoms with Gasteiger partial charge in [0.15, 0.2) is 5.82 Å². The van der Waals surface area contributed by atoms with Crippen LogP contribution in [-0.4, -0.2) is 72.1 Å². The summed E-state index contributed by atoms with van der Waals surface area (Å²) < 4.78 is 1.75. The number of piperazine rings is 1. The molecule has 1 aliphatic rings. The van der Waals surface area contributed by atoms with Crippen LogP contribution >= 0.6 is 0 Å². The molecule has 132 valence electrons. The third-order valence-corrected chi connectivity index (χ3v) is 4.34. The van der Waals surface area contributed by atoms with Crippen molar-refractivity contribution in [3.63, 3.8) is 0 Å². The Balaban J connectivity index is 1.38. The summed E-state index contributed by atoms with van der Waals surface area (Å²) >= 11 is 0. The summed E-state index contributed by atoms with van der Waals surface area (Å²) in [7, 11) is 0. The zero-order chi connectivity index (χ0) is 17.8. The van der Waals surface area contributed by atoms with Gasteiger partial charge in [-0.2, -0.15) is 4.68 Å². The molecule has 1 amide bonds. The fourth-order valence-electron chi connectivity index (χ4n) is 2.95. The van der Waals surface area contributed by atoms with Crippen molar-refractivity contribution in [2.45, 2.75) is 6.54 Å². The average Bonchev–Trinajstić information content (AvgIpc) is 3.17. The van der Waals surface area contributed by atoms with Crippen molar-refractivity contribution in [2.75, 3.05) is 26.2 Å². The molecule has 9 heteroatoms. The molecule has 3 aromatic rings. The highest BCUT2D eigenvalue weighted by molar-refractivity contribution is 5.92. The van der Waals surface area contributed by atoms with Crippen LogP contribution in [0.25, 0.3) is 5.69 Å². The molecule has 0 bridgehead atoms.